The maximum atomic E-state index is 12.2. The summed E-state index contributed by atoms with van der Waals surface area (Å²) in [5, 5.41) is 0. The van der Waals surface area contributed by atoms with Crippen LogP contribution >= 0.6 is 0 Å². The molecule has 0 aliphatic carbocycles. The minimum atomic E-state index is -0.345. The summed E-state index contributed by atoms with van der Waals surface area (Å²) in [7, 11) is 1.35. The van der Waals surface area contributed by atoms with E-state index in [-0.39, 0.29) is 24.4 Å². The van der Waals surface area contributed by atoms with E-state index in [1.54, 1.807) is 24.0 Å². The largest absolute Gasteiger partial charge is 0.484 e. The number of hydrogen-bond acceptors (Lipinski definition) is 4. The zero-order valence-electron chi connectivity index (χ0n) is 12.9. The molecule has 1 atom stereocenters. The van der Waals surface area contributed by atoms with Gasteiger partial charge in [0.1, 0.15) is 5.75 Å². The third kappa shape index (κ3) is 5.85. The standard InChI is InChI=1S/C16H23NO4/c1-4-10-17(11-13(2)16(19)20-3)15(18)12-21-14-8-6-5-7-9-14/h5-9,13H,4,10-12H2,1-3H3. The Balaban J connectivity index is 2.54. The summed E-state index contributed by atoms with van der Waals surface area (Å²) in [6.07, 6.45) is 0.824. The molecule has 0 fully saturated rings. The van der Waals surface area contributed by atoms with Crippen LogP contribution in [0.25, 0.3) is 0 Å². The van der Waals surface area contributed by atoms with E-state index in [9.17, 15) is 9.59 Å². The fourth-order valence-electron chi connectivity index (χ4n) is 1.95. The third-order valence-electron chi connectivity index (χ3n) is 3.05. The van der Waals surface area contributed by atoms with Crippen molar-refractivity contribution in [2.75, 3.05) is 26.8 Å². The van der Waals surface area contributed by atoms with E-state index in [0.29, 0.717) is 18.8 Å². The van der Waals surface area contributed by atoms with Gasteiger partial charge in [0.15, 0.2) is 6.61 Å². The van der Waals surface area contributed by atoms with E-state index >= 15 is 0 Å². The van der Waals surface area contributed by atoms with Crippen LogP contribution in [0, 0.1) is 5.92 Å². The van der Waals surface area contributed by atoms with Crippen molar-refractivity contribution in [3.63, 3.8) is 0 Å². The molecule has 1 rings (SSSR count). The molecule has 0 aliphatic rings. The number of rotatable bonds is 8. The molecule has 21 heavy (non-hydrogen) atoms. The first-order valence-corrected chi connectivity index (χ1v) is 7.12. The summed E-state index contributed by atoms with van der Waals surface area (Å²) in [5.74, 6) is -0.130. The molecule has 0 spiro atoms. The van der Waals surface area contributed by atoms with Crippen LogP contribution in [-0.2, 0) is 14.3 Å². The molecule has 5 nitrogen and oxygen atoms in total. The average molecular weight is 293 g/mol. The lowest BCUT2D eigenvalue weighted by molar-refractivity contribution is -0.146. The number of esters is 1. The smallest absolute Gasteiger partial charge is 0.310 e. The summed E-state index contributed by atoms with van der Waals surface area (Å²) in [5.41, 5.74) is 0. The molecule has 1 aromatic rings. The summed E-state index contributed by atoms with van der Waals surface area (Å²) in [6, 6.07) is 9.19. The van der Waals surface area contributed by atoms with Crippen molar-refractivity contribution in [1.82, 2.24) is 4.90 Å². The van der Waals surface area contributed by atoms with Crippen molar-refractivity contribution in [3.05, 3.63) is 30.3 Å². The number of para-hydroxylation sites is 1. The molecule has 0 radical (unpaired) electrons. The molecule has 0 heterocycles. The molecule has 1 amide bonds. The van der Waals surface area contributed by atoms with Gasteiger partial charge in [-0.1, -0.05) is 32.0 Å². The van der Waals surface area contributed by atoms with Gasteiger partial charge in [-0.15, -0.1) is 0 Å². The molecular weight excluding hydrogens is 270 g/mol. The molecule has 116 valence electrons. The molecule has 0 bridgehead atoms. The molecule has 0 N–H and O–H groups in total. The van der Waals surface area contributed by atoms with Crippen LogP contribution in [0.5, 0.6) is 5.75 Å². The van der Waals surface area contributed by atoms with E-state index in [4.69, 9.17) is 9.47 Å². The number of methoxy groups -OCH3 is 1. The van der Waals surface area contributed by atoms with Gasteiger partial charge >= 0.3 is 5.97 Å². The van der Waals surface area contributed by atoms with Gasteiger partial charge in [-0.25, -0.2) is 0 Å². The molecule has 1 unspecified atom stereocenters. The molecule has 0 aliphatic heterocycles. The van der Waals surface area contributed by atoms with E-state index in [0.717, 1.165) is 6.42 Å². The molecule has 0 saturated carbocycles. The van der Waals surface area contributed by atoms with Gasteiger partial charge in [-0.3, -0.25) is 9.59 Å². The zero-order valence-corrected chi connectivity index (χ0v) is 12.9. The monoisotopic (exact) mass is 293 g/mol. The van der Waals surface area contributed by atoms with Gasteiger partial charge in [0.2, 0.25) is 0 Å². The van der Waals surface area contributed by atoms with Crippen LogP contribution in [0.15, 0.2) is 30.3 Å². The Morgan fingerprint density at radius 1 is 1.24 bits per heavy atom. The second kappa shape index (κ2) is 9.00. The van der Waals surface area contributed by atoms with Crippen molar-refractivity contribution >= 4 is 11.9 Å². The fraction of sp³-hybridized carbons (Fsp3) is 0.500. The first-order chi connectivity index (χ1) is 10.1. The highest BCUT2D eigenvalue weighted by Crippen LogP contribution is 2.09. The minimum Gasteiger partial charge on any atom is -0.484 e. The van der Waals surface area contributed by atoms with Crippen molar-refractivity contribution < 1.29 is 19.1 Å². The first-order valence-electron chi connectivity index (χ1n) is 7.12. The van der Waals surface area contributed by atoms with Crippen LogP contribution < -0.4 is 4.74 Å². The average Bonchev–Trinajstić information content (AvgIpc) is 2.52. The Morgan fingerprint density at radius 3 is 2.48 bits per heavy atom. The van der Waals surface area contributed by atoms with Crippen LogP contribution in [0.2, 0.25) is 0 Å². The van der Waals surface area contributed by atoms with E-state index < -0.39 is 0 Å². The maximum Gasteiger partial charge on any atom is 0.310 e. The first kappa shape index (κ1) is 17.0. The Labute approximate surface area is 125 Å². The number of ether oxygens (including phenoxy) is 2. The number of carbonyl (C=O) groups excluding carboxylic acids is 2. The number of amides is 1. The predicted octanol–water partition coefficient (Wildman–Crippen LogP) is 2.11. The van der Waals surface area contributed by atoms with Crippen LogP contribution in [-0.4, -0.2) is 43.6 Å². The molecule has 5 heteroatoms. The second-order valence-corrected chi connectivity index (χ2v) is 4.87. The van der Waals surface area contributed by atoms with Crippen LogP contribution in [0.1, 0.15) is 20.3 Å². The van der Waals surface area contributed by atoms with E-state index in [2.05, 4.69) is 0 Å². The number of carbonyl (C=O) groups is 2. The van der Waals surface area contributed by atoms with Gasteiger partial charge in [-0.05, 0) is 18.6 Å². The van der Waals surface area contributed by atoms with Crippen LogP contribution in [0.4, 0.5) is 0 Å². The number of nitrogens with zero attached hydrogens (tertiary/aromatic N) is 1. The molecule has 0 saturated heterocycles. The molecule has 0 aromatic heterocycles. The van der Waals surface area contributed by atoms with Crippen LogP contribution in [0.3, 0.4) is 0 Å². The lowest BCUT2D eigenvalue weighted by Gasteiger charge is -2.24. The topological polar surface area (TPSA) is 55.8 Å². The Bertz CT molecular complexity index is 447. The van der Waals surface area contributed by atoms with E-state index in [1.165, 1.54) is 7.11 Å². The summed E-state index contributed by atoms with van der Waals surface area (Å²) < 4.78 is 10.1. The van der Waals surface area contributed by atoms with Gasteiger partial charge in [0.25, 0.3) is 5.91 Å². The summed E-state index contributed by atoms with van der Waals surface area (Å²) in [4.78, 5) is 25.3. The second-order valence-electron chi connectivity index (χ2n) is 4.87. The normalized spacial score (nSPS) is 11.6. The van der Waals surface area contributed by atoms with Crippen molar-refractivity contribution in [1.29, 1.82) is 0 Å². The Hall–Kier alpha value is -2.04. The summed E-state index contributed by atoms with van der Waals surface area (Å²) in [6.45, 7) is 4.65. The van der Waals surface area contributed by atoms with E-state index in [1.807, 2.05) is 25.1 Å². The SMILES string of the molecule is CCCN(CC(C)C(=O)OC)C(=O)COc1ccccc1. The zero-order chi connectivity index (χ0) is 15.7. The van der Waals surface area contributed by atoms with Gasteiger partial charge in [-0.2, -0.15) is 0 Å². The Kier molecular flexibility index (Phi) is 7.29. The third-order valence-corrected chi connectivity index (χ3v) is 3.05. The highest BCUT2D eigenvalue weighted by Gasteiger charge is 2.21. The lowest BCUT2D eigenvalue weighted by atomic mass is 10.1. The lowest BCUT2D eigenvalue weighted by Crippen LogP contribution is -2.40. The number of benzene rings is 1. The molecule has 1 aromatic carbocycles. The van der Waals surface area contributed by atoms with Crippen molar-refractivity contribution in [3.8, 4) is 5.75 Å². The van der Waals surface area contributed by atoms with Gasteiger partial charge < -0.3 is 14.4 Å². The highest BCUT2D eigenvalue weighted by atomic mass is 16.5. The number of hydrogen-bond donors (Lipinski definition) is 0. The molecular formula is C16H23NO4. The van der Waals surface area contributed by atoms with Crippen molar-refractivity contribution in [2.45, 2.75) is 20.3 Å². The highest BCUT2D eigenvalue weighted by molar-refractivity contribution is 5.79. The fourth-order valence-corrected chi connectivity index (χ4v) is 1.95. The van der Waals surface area contributed by atoms with Gasteiger partial charge in [0, 0.05) is 13.1 Å². The Morgan fingerprint density at radius 2 is 1.90 bits per heavy atom. The van der Waals surface area contributed by atoms with Crippen molar-refractivity contribution in [2.24, 2.45) is 5.92 Å². The maximum absolute atomic E-state index is 12.2. The predicted molar refractivity (Wildman–Crippen MR) is 80.0 cm³/mol. The quantitative estimate of drug-likeness (QED) is 0.689. The summed E-state index contributed by atoms with van der Waals surface area (Å²) >= 11 is 0. The van der Waals surface area contributed by atoms with Gasteiger partial charge in [0.05, 0.1) is 13.0 Å². The minimum absolute atomic E-state index is 0.0299.